The minimum Gasteiger partial charge on any atom is -0.370 e. The Hall–Kier alpha value is -2.05. The first-order valence-electron chi connectivity index (χ1n) is 6.13. The summed E-state index contributed by atoms with van der Waals surface area (Å²) in [6.07, 6.45) is 0. The van der Waals surface area contributed by atoms with Gasteiger partial charge < -0.3 is 10.6 Å². The summed E-state index contributed by atoms with van der Waals surface area (Å²) in [5.74, 6) is 0.631. The van der Waals surface area contributed by atoms with Crippen molar-refractivity contribution in [2.45, 2.75) is 6.92 Å². The van der Waals surface area contributed by atoms with Gasteiger partial charge in [0.25, 0.3) is 0 Å². The molecule has 6 nitrogen and oxygen atoms in total. The van der Waals surface area contributed by atoms with Gasteiger partial charge in [-0.2, -0.15) is 0 Å². The lowest BCUT2D eigenvalue weighted by Crippen LogP contribution is -2.04. The highest BCUT2D eigenvalue weighted by Crippen LogP contribution is 2.34. The van der Waals surface area contributed by atoms with Gasteiger partial charge in [-0.15, -0.1) is 0 Å². The van der Waals surface area contributed by atoms with Crippen molar-refractivity contribution in [1.82, 2.24) is 4.98 Å². The van der Waals surface area contributed by atoms with Crippen LogP contribution in [0.15, 0.2) is 30.3 Å². The van der Waals surface area contributed by atoms with Crippen LogP contribution >= 0.6 is 23.2 Å². The van der Waals surface area contributed by atoms with E-state index in [1.165, 1.54) is 6.07 Å². The first kappa shape index (κ1) is 15.3. The van der Waals surface area contributed by atoms with Crippen LogP contribution in [-0.2, 0) is 0 Å². The van der Waals surface area contributed by atoms with Crippen molar-refractivity contribution in [2.75, 3.05) is 17.2 Å². The van der Waals surface area contributed by atoms with Crippen LogP contribution in [0.1, 0.15) is 6.92 Å². The van der Waals surface area contributed by atoms with E-state index in [9.17, 15) is 10.1 Å². The van der Waals surface area contributed by atoms with E-state index < -0.39 is 4.92 Å². The standard InChI is InChI=1S/C13H12Cl2N4O2/c1-2-16-11-7-6-10(19(20)21)13(18-11)17-9-5-3-4-8(14)12(9)15/h3-7H,2H2,1H3,(H2,16,17,18). The molecule has 0 unspecified atom stereocenters. The van der Waals surface area contributed by atoms with Crippen molar-refractivity contribution in [1.29, 1.82) is 0 Å². The molecule has 21 heavy (non-hydrogen) atoms. The number of rotatable bonds is 5. The number of anilines is 3. The third-order valence-electron chi connectivity index (χ3n) is 2.63. The van der Waals surface area contributed by atoms with Crippen molar-refractivity contribution in [3.05, 3.63) is 50.5 Å². The monoisotopic (exact) mass is 326 g/mol. The smallest absolute Gasteiger partial charge is 0.311 e. The van der Waals surface area contributed by atoms with Crippen LogP contribution in [0.5, 0.6) is 0 Å². The van der Waals surface area contributed by atoms with Gasteiger partial charge in [0.05, 0.1) is 20.7 Å². The van der Waals surface area contributed by atoms with Crippen LogP contribution in [0.25, 0.3) is 0 Å². The molecule has 0 saturated carbocycles. The van der Waals surface area contributed by atoms with Crippen molar-refractivity contribution in [3.8, 4) is 0 Å². The zero-order chi connectivity index (χ0) is 15.4. The van der Waals surface area contributed by atoms with E-state index in [2.05, 4.69) is 15.6 Å². The van der Waals surface area contributed by atoms with Crippen LogP contribution in [0.3, 0.4) is 0 Å². The minimum atomic E-state index is -0.510. The normalized spacial score (nSPS) is 10.2. The van der Waals surface area contributed by atoms with E-state index in [0.717, 1.165) is 0 Å². The van der Waals surface area contributed by atoms with Crippen molar-refractivity contribution in [2.24, 2.45) is 0 Å². The molecule has 8 heteroatoms. The van der Waals surface area contributed by atoms with Crippen molar-refractivity contribution < 1.29 is 4.92 Å². The maximum Gasteiger partial charge on any atom is 0.311 e. The summed E-state index contributed by atoms with van der Waals surface area (Å²) in [6.45, 7) is 2.56. The molecule has 0 fully saturated rings. The highest BCUT2D eigenvalue weighted by Gasteiger charge is 2.17. The van der Waals surface area contributed by atoms with E-state index in [-0.39, 0.29) is 16.5 Å². The molecule has 1 heterocycles. The highest BCUT2D eigenvalue weighted by atomic mass is 35.5. The fraction of sp³-hybridized carbons (Fsp3) is 0.154. The maximum absolute atomic E-state index is 11.1. The molecule has 1 aromatic carbocycles. The molecule has 1 aromatic heterocycles. The molecule has 0 aliphatic rings. The number of hydrogen-bond acceptors (Lipinski definition) is 5. The summed E-state index contributed by atoms with van der Waals surface area (Å²) in [5, 5.41) is 17.6. The predicted octanol–water partition coefficient (Wildman–Crippen LogP) is 4.47. The zero-order valence-electron chi connectivity index (χ0n) is 11.1. The third-order valence-corrected chi connectivity index (χ3v) is 3.45. The molecule has 0 aliphatic carbocycles. The Bertz CT molecular complexity index is 679. The molecule has 110 valence electrons. The van der Waals surface area contributed by atoms with Gasteiger partial charge in [0, 0.05) is 12.6 Å². The molecular weight excluding hydrogens is 315 g/mol. The average Bonchev–Trinajstić information content (AvgIpc) is 2.44. The number of nitrogens with one attached hydrogen (secondary N) is 2. The third kappa shape index (κ3) is 3.53. The fourth-order valence-corrected chi connectivity index (χ4v) is 2.05. The van der Waals surface area contributed by atoms with E-state index >= 15 is 0 Å². The number of hydrogen-bond donors (Lipinski definition) is 2. The summed E-state index contributed by atoms with van der Waals surface area (Å²) in [7, 11) is 0. The summed E-state index contributed by atoms with van der Waals surface area (Å²) in [5.41, 5.74) is 0.307. The molecule has 0 atom stereocenters. The molecule has 0 aliphatic heterocycles. The Morgan fingerprint density at radius 2 is 2.05 bits per heavy atom. The van der Waals surface area contributed by atoms with Gasteiger partial charge >= 0.3 is 5.69 Å². The maximum atomic E-state index is 11.1. The SMILES string of the molecule is CCNc1ccc([N+](=O)[O-])c(Nc2cccc(Cl)c2Cl)n1. The van der Waals surface area contributed by atoms with Gasteiger partial charge in [-0.25, -0.2) is 4.98 Å². The molecule has 0 spiro atoms. The van der Waals surface area contributed by atoms with E-state index in [0.29, 0.717) is 23.1 Å². The quantitative estimate of drug-likeness (QED) is 0.625. The van der Waals surface area contributed by atoms with E-state index in [1.54, 1.807) is 24.3 Å². The molecule has 2 rings (SSSR count). The molecule has 0 saturated heterocycles. The molecule has 0 bridgehead atoms. The lowest BCUT2D eigenvalue weighted by Gasteiger charge is -2.10. The van der Waals surface area contributed by atoms with Crippen LogP contribution in [-0.4, -0.2) is 16.5 Å². The second-order valence-electron chi connectivity index (χ2n) is 4.08. The number of halogens is 2. The Morgan fingerprint density at radius 1 is 1.29 bits per heavy atom. The van der Waals surface area contributed by atoms with Gasteiger partial charge in [-0.1, -0.05) is 29.3 Å². The second kappa shape index (κ2) is 6.60. The lowest BCUT2D eigenvalue weighted by molar-refractivity contribution is -0.384. The second-order valence-corrected chi connectivity index (χ2v) is 4.86. The summed E-state index contributed by atoms with van der Waals surface area (Å²) < 4.78 is 0. The van der Waals surface area contributed by atoms with Crippen molar-refractivity contribution >= 4 is 46.2 Å². The number of nitro groups is 1. The van der Waals surface area contributed by atoms with Crippen molar-refractivity contribution in [3.63, 3.8) is 0 Å². The summed E-state index contributed by atoms with van der Waals surface area (Å²) >= 11 is 12.0. The topological polar surface area (TPSA) is 80.1 Å². The predicted molar refractivity (Wildman–Crippen MR) is 84.8 cm³/mol. The fourth-order valence-electron chi connectivity index (χ4n) is 1.70. The summed E-state index contributed by atoms with van der Waals surface area (Å²) in [4.78, 5) is 14.8. The largest absolute Gasteiger partial charge is 0.370 e. The Kier molecular flexibility index (Phi) is 4.82. The Balaban J connectivity index is 2.43. The van der Waals surface area contributed by atoms with Crippen LogP contribution < -0.4 is 10.6 Å². The first-order chi connectivity index (χ1) is 10.0. The first-order valence-corrected chi connectivity index (χ1v) is 6.89. The van der Waals surface area contributed by atoms with Gasteiger partial charge in [0.15, 0.2) is 0 Å². The highest BCUT2D eigenvalue weighted by molar-refractivity contribution is 6.43. The molecule has 0 radical (unpaired) electrons. The van der Waals surface area contributed by atoms with Crippen LogP contribution in [0, 0.1) is 10.1 Å². The molecular formula is C13H12Cl2N4O2. The number of aromatic nitrogens is 1. The molecule has 2 aromatic rings. The van der Waals surface area contributed by atoms with E-state index in [1.807, 2.05) is 6.92 Å². The summed E-state index contributed by atoms with van der Waals surface area (Å²) in [6, 6.07) is 7.92. The number of nitrogens with zero attached hydrogens (tertiary/aromatic N) is 2. The average molecular weight is 327 g/mol. The van der Waals surface area contributed by atoms with Gasteiger partial charge in [0.2, 0.25) is 5.82 Å². The zero-order valence-corrected chi connectivity index (χ0v) is 12.6. The molecule has 2 N–H and O–H groups in total. The Morgan fingerprint density at radius 3 is 2.71 bits per heavy atom. The number of pyridine rings is 1. The lowest BCUT2D eigenvalue weighted by atomic mass is 10.3. The Labute approximate surface area is 131 Å². The van der Waals surface area contributed by atoms with Gasteiger partial charge in [-0.3, -0.25) is 10.1 Å². The minimum absolute atomic E-state index is 0.0996. The number of benzene rings is 1. The van der Waals surface area contributed by atoms with Crippen LogP contribution in [0.2, 0.25) is 10.0 Å². The van der Waals surface area contributed by atoms with E-state index in [4.69, 9.17) is 23.2 Å². The van der Waals surface area contributed by atoms with Crippen LogP contribution in [0.4, 0.5) is 23.0 Å². The van der Waals surface area contributed by atoms with Gasteiger partial charge in [-0.05, 0) is 25.1 Å². The van der Waals surface area contributed by atoms with Gasteiger partial charge in [0.1, 0.15) is 5.82 Å². The molecule has 0 amide bonds.